The maximum atomic E-state index is 13.2. The third-order valence-corrected chi connectivity index (χ3v) is 10.5. The van der Waals surface area contributed by atoms with Gasteiger partial charge in [-0.3, -0.25) is 0 Å². The van der Waals surface area contributed by atoms with Crippen LogP contribution >= 0.6 is 69.6 Å². The van der Waals surface area contributed by atoms with Crippen LogP contribution in [-0.4, -0.2) is 37.1 Å². The van der Waals surface area contributed by atoms with Gasteiger partial charge in [0.1, 0.15) is 11.1 Å². The number of carbonyl (C=O) groups excluding carboxylic acids is 4. The summed E-state index contributed by atoms with van der Waals surface area (Å²) in [4.78, 5) is 52.4. The average molecular weight is 785 g/mol. The first kappa shape index (κ1) is 38.9. The molecule has 262 valence electrons. The number of benzene rings is 2. The summed E-state index contributed by atoms with van der Waals surface area (Å²) in [6.07, 6.45) is 7.90. The zero-order valence-corrected chi connectivity index (χ0v) is 31.4. The smallest absolute Gasteiger partial charge is 0.423 e. The Balaban J connectivity index is 1.48. The van der Waals surface area contributed by atoms with Crippen molar-refractivity contribution >= 4 is 93.5 Å². The Hall–Kier alpha value is -1.94. The van der Waals surface area contributed by atoms with E-state index in [4.69, 9.17) is 88.6 Å². The predicted molar refractivity (Wildman–Crippen MR) is 186 cm³/mol. The molecule has 2 fully saturated rings. The van der Waals surface area contributed by atoms with Crippen molar-refractivity contribution < 1.29 is 38.1 Å². The third-order valence-electron chi connectivity index (χ3n) is 8.32. The minimum absolute atomic E-state index is 0.0428. The van der Waals surface area contributed by atoms with Crippen LogP contribution in [0.2, 0.25) is 30.1 Å². The van der Waals surface area contributed by atoms with Crippen LogP contribution in [0.5, 0.6) is 11.5 Å². The molecule has 0 heterocycles. The fourth-order valence-electron chi connectivity index (χ4n) is 5.39. The molecule has 2 aliphatic carbocycles. The molecule has 4 rings (SSSR count). The zero-order valence-electron chi connectivity index (χ0n) is 26.9. The minimum Gasteiger partial charge on any atom is -0.462 e. The van der Waals surface area contributed by atoms with Crippen molar-refractivity contribution in [2.75, 3.05) is 13.2 Å². The number of hydrogen-bond acceptors (Lipinski definition) is 8. The minimum atomic E-state index is -1.64. The Morgan fingerprint density at radius 3 is 1.25 bits per heavy atom. The van der Waals surface area contributed by atoms with Gasteiger partial charge in [0.05, 0.1) is 43.3 Å². The van der Waals surface area contributed by atoms with Crippen LogP contribution in [0.3, 0.4) is 0 Å². The maximum absolute atomic E-state index is 13.2. The van der Waals surface area contributed by atoms with Crippen LogP contribution < -0.4 is 9.47 Å². The lowest BCUT2D eigenvalue weighted by Crippen LogP contribution is -2.27. The zero-order chi connectivity index (χ0) is 35.6. The van der Waals surface area contributed by atoms with Crippen molar-refractivity contribution in [3.63, 3.8) is 0 Å². The molecule has 0 N–H and O–H groups in total. The second-order valence-electron chi connectivity index (χ2n) is 13.9. The SMILES string of the molecule is CC(C)(CCOC(=O)c1c(Cl)c(Cl)cc(Cl)c1OC(=O)C(=O)Oc1c(Cl)cc(Cl)c(Cl)c1C(=O)OCCC(C)(C)CC1CC1)CC1CC1. The molecule has 0 spiro atoms. The Morgan fingerprint density at radius 1 is 0.604 bits per heavy atom. The molecule has 2 aromatic carbocycles. The number of carbonyl (C=O) groups is 4. The van der Waals surface area contributed by atoms with Gasteiger partial charge in [-0.1, -0.05) is 123 Å². The number of rotatable bonds is 14. The summed E-state index contributed by atoms with van der Waals surface area (Å²) in [6.45, 7) is 8.43. The molecule has 0 saturated heterocycles. The lowest BCUT2D eigenvalue weighted by atomic mass is 9.84. The highest BCUT2D eigenvalue weighted by Crippen LogP contribution is 2.44. The second kappa shape index (κ2) is 15.9. The van der Waals surface area contributed by atoms with Gasteiger partial charge in [0.25, 0.3) is 0 Å². The van der Waals surface area contributed by atoms with Crippen LogP contribution in [-0.2, 0) is 19.1 Å². The molecule has 0 atom stereocenters. The lowest BCUT2D eigenvalue weighted by Gasteiger charge is -2.24. The highest BCUT2D eigenvalue weighted by molar-refractivity contribution is 6.47. The molecular weight excluding hydrogens is 749 g/mol. The molecule has 0 radical (unpaired) electrons. The monoisotopic (exact) mass is 782 g/mol. The van der Waals surface area contributed by atoms with Crippen LogP contribution in [0, 0.1) is 22.7 Å². The largest absolute Gasteiger partial charge is 0.462 e. The lowest BCUT2D eigenvalue weighted by molar-refractivity contribution is -0.156. The van der Waals surface area contributed by atoms with Crippen molar-refractivity contribution in [2.24, 2.45) is 22.7 Å². The molecule has 0 unspecified atom stereocenters. The van der Waals surface area contributed by atoms with E-state index in [2.05, 4.69) is 27.7 Å². The van der Waals surface area contributed by atoms with Gasteiger partial charge >= 0.3 is 23.9 Å². The number of ether oxygens (including phenoxy) is 4. The topological polar surface area (TPSA) is 105 Å². The van der Waals surface area contributed by atoms with Gasteiger partial charge < -0.3 is 18.9 Å². The van der Waals surface area contributed by atoms with Gasteiger partial charge in [-0.25, -0.2) is 19.2 Å². The van der Waals surface area contributed by atoms with Crippen molar-refractivity contribution in [3.8, 4) is 11.5 Å². The van der Waals surface area contributed by atoms with E-state index in [1.54, 1.807) is 0 Å². The predicted octanol–water partition coefficient (Wildman–Crippen LogP) is 10.9. The standard InChI is InChI=1S/C34H36Cl6O8/c1-33(2,15-17-5-6-17)9-11-45-29(41)23-25(39)19(35)13-21(37)27(23)47-31(43)32(44)48-28-22(38)14-20(36)26(40)24(28)30(42)46-12-10-34(3,4)16-18-7-8-18/h13-14,17-18H,5-12,15-16H2,1-4H3. The maximum Gasteiger partial charge on any atom is 0.423 e. The van der Waals surface area contributed by atoms with Crippen molar-refractivity contribution in [1.82, 2.24) is 0 Å². The average Bonchev–Trinajstić information content (AvgIpc) is 3.92. The molecule has 8 nitrogen and oxygen atoms in total. The first-order chi connectivity index (χ1) is 22.4. The van der Waals surface area contributed by atoms with Crippen LogP contribution in [0.25, 0.3) is 0 Å². The van der Waals surface area contributed by atoms with Crippen molar-refractivity contribution in [3.05, 3.63) is 53.4 Å². The van der Waals surface area contributed by atoms with Gasteiger partial charge in [0.2, 0.25) is 0 Å². The fraction of sp³-hybridized carbons (Fsp3) is 0.529. The number of esters is 4. The van der Waals surface area contributed by atoms with Gasteiger partial charge in [0.15, 0.2) is 11.5 Å². The van der Waals surface area contributed by atoms with E-state index in [0.29, 0.717) is 24.7 Å². The van der Waals surface area contributed by atoms with Crippen LogP contribution in [0.15, 0.2) is 12.1 Å². The fourth-order valence-corrected chi connectivity index (χ4v) is 6.82. The van der Waals surface area contributed by atoms with Gasteiger partial charge in [-0.2, -0.15) is 0 Å². The summed E-state index contributed by atoms with van der Waals surface area (Å²) in [5.41, 5.74) is -1.06. The first-order valence-electron chi connectivity index (χ1n) is 15.5. The Labute approximate surface area is 309 Å². The highest BCUT2D eigenvalue weighted by atomic mass is 35.5. The highest BCUT2D eigenvalue weighted by Gasteiger charge is 2.34. The van der Waals surface area contributed by atoms with Gasteiger partial charge in [0, 0.05) is 0 Å². The molecule has 0 amide bonds. The molecule has 0 aliphatic heterocycles. The summed E-state index contributed by atoms with van der Waals surface area (Å²) < 4.78 is 21.3. The molecule has 14 heteroatoms. The Bertz CT molecular complexity index is 1480. The molecule has 2 aliphatic rings. The summed E-state index contributed by atoms with van der Waals surface area (Å²) in [5.74, 6) is -5.03. The van der Waals surface area contributed by atoms with E-state index >= 15 is 0 Å². The number of hydrogen-bond donors (Lipinski definition) is 0. The van der Waals surface area contributed by atoms with E-state index in [9.17, 15) is 19.2 Å². The molecule has 0 bridgehead atoms. The normalized spacial score (nSPS) is 14.8. The van der Waals surface area contributed by atoms with Crippen molar-refractivity contribution in [1.29, 1.82) is 0 Å². The van der Waals surface area contributed by atoms with E-state index in [1.807, 2.05) is 0 Å². The Morgan fingerprint density at radius 2 is 0.938 bits per heavy atom. The number of halogens is 6. The third kappa shape index (κ3) is 10.5. The summed E-state index contributed by atoms with van der Waals surface area (Å²) in [7, 11) is 0. The summed E-state index contributed by atoms with van der Waals surface area (Å²) >= 11 is 37.5. The van der Waals surface area contributed by atoms with Gasteiger partial charge in [-0.05, 0) is 60.5 Å². The molecule has 48 heavy (non-hydrogen) atoms. The summed E-state index contributed by atoms with van der Waals surface area (Å²) in [5, 5.41) is -1.48. The van der Waals surface area contributed by atoms with E-state index < -0.39 is 46.5 Å². The van der Waals surface area contributed by atoms with Crippen molar-refractivity contribution in [2.45, 2.75) is 79.1 Å². The first-order valence-corrected chi connectivity index (χ1v) is 17.8. The second-order valence-corrected chi connectivity index (χ2v) is 16.3. The molecule has 0 aromatic heterocycles. The van der Waals surface area contributed by atoms with Crippen LogP contribution in [0.1, 0.15) is 99.8 Å². The Kier molecular flexibility index (Phi) is 12.9. The van der Waals surface area contributed by atoms with E-state index in [1.165, 1.54) is 25.7 Å². The molecule has 2 aromatic rings. The van der Waals surface area contributed by atoms with Crippen LogP contribution in [0.4, 0.5) is 0 Å². The molecular formula is C34H36Cl6O8. The van der Waals surface area contributed by atoms with Gasteiger partial charge in [-0.15, -0.1) is 0 Å². The quantitative estimate of drug-likeness (QED) is 0.0807. The molecule has 2 saturated carbocycles. The van der Waals surface area contributed by atoms with E-state index in [0.717, 1.165) is 25.0 Å². The summed E-state index contributed by atoms with van der Waals surface area (Å²) in [6, 6.07) is 2.26. The van der Waals surface area contributed by atoms with E-state index in [-0.39, 0.29) is 54.2 Å².